The van der Waals surface area contributed by atoms with Crippen molar-refractivity contribution in [3.63, 3.8) is 0 Å². The number of rotatable bonds is 4. The number of aliphatic hydroxyl groups is 1. The van der Waals surface area contributed by atoms with Gasteiger partial charge in [-0.15, -0.1) is 0 Å². The molecule has 1 N–H and O–H groups in total. The Hall–Kier alpha value is -0.610. The van der Waals surface area contributed by atoms with Crippen molar-refractivity contribution in [3.05, 3.63) is 67.9 Å². The third-order valence-electron chi connectivity index (χ3n) is 2.91. The van der Waals surface area contributed by atoms with Crippen molar-refractivity contribution in [3.8, 4) is 0 Å². The van der Waals surface area contributed by atoms with Crippen LogP contribution < -0.4 is 0 Å². The lowest BCUT2D eigenvalue weighted by atomic mass is 10.0. The van der Waals surface area contributed by atoms with E-state index < -0.39 is 6.10 Å². The Morgan fingerprint density at radius 3 is 2.20 bits per heavy atom. The summed E-state index contributed by atoms with van der Waals surface area (Å²) in [6.45, 7) is 0. The number of hydrogen-bond acceptors (Lipinski definition) is 1. The van der Waals surface area contributed by atoms with Crippen LogP contribution >= 0.6 is 39.1 Å². The van der Waals surface area contributed by atoms with Gasteiger partial charge in [0.25, 0.3) is 0 Å². The van der Waals surface area contributed by atoms with Crippen molar-refractivity contribution >= 4 is 39.1 Å². The first-order chi connectivity index (χ1) is 9.45. The summed E-state index contributed by atoms with van der Waals surface area (Å²) in [5.74, 6) is -0.312. The minimum Gasteiger partial charge on any atom is -0.392 e. The zero-order valence-corrected chi connectivity index (χ0v) is 13.5. The molecule has 2 aromatic carbocycles. The van der Waals surface area contributed by atoms with Crippen molar-refractivity contribution < 1.29 is 9.50 Å². The van der Waals surface area contributed by atoms with E-state index in [-0.39, 0.29) is 5.82 Å². The van der Waals surface area contributed by atoms with Crippen molar-refractivity contribution in [2.24, 2.45) is 0 Å². The molecule has 0 aromatic heterocycles. The normalized spacial score (nSPS) is 12.4. The molecule has 1 nitrogen and oxygen atoms in total. The van der Waals surface area contributed by atoms with Crippen LogP contribution in [0.5, 0.6) is 0 Å². The average molecular weight is 378 g/mol. The molecule has 0 heterocycles. The molecular weight excluding hydrogens is 366 g/mol. The molecule has 0 aliphatic heterocycles. The maximum absolute atomic E-state index is 13.1. The second-order valence-corrected chi connectivity index (χ2v) is 6.23. The van der Waals surface area contributed by atoms with Crippen LogP contribution in [0.15, 0.2) is 40.9 Å². The molecule has 106 valence electrons. The van der Waals surface area contributed by atoms with Crippen molar-refractivity contribution in [2.45, 2.75) is 18.9 Å². The molecule has 2 rings (SSSR count). The Morgan fingerprint density at radius 1 is 1.00 bits per heavy atom. The fourth-order valence-corrected chi connectivity index (χ4v) is 2.70. The first-order valence-corrected chi connectivity index (χ1v) is 7.56. The highest BCUT2D eigenvalue weighted by Crippen LogP contribution is 2.24. The molecule has 0 aliphatic carbocycles. The minimum absolute atomic E-state index is 0.312. The van der Waals surface area contributed by atoms with E-state index in [9.17, 15) is 9.50 Å². The molecule has 1 atom stereocenters. The summed E-state index contributed by atoms with van der Waals surface area (Å²) in [5, 5.41) is 11.1. The van der Waals surface area contributed by atoms with Crippen LogP contribution in [0.2, 0.25) is 10.0 Å². The second kappa shape index (κ2) is 6.90. The van der Waals surface area contributed by atoms with Crippen molar-refractivity contribution in [1.82, 2.24) is 0 Å². The van der Waals surface area contributed by atoms with E-state index >= 15 is 0 Å². The monoisotopic (exact) mass is 376 g/mol. The third-order valence-corrected chi connectivity index (χ3v) is 4.26. The molecule has 0 fully saturated rings. The lowest BCUT2D eigenvalue weighted by molar-refractivity contribution is 0.175. The molecule has 0 amide bonds. The molecule has 0 radical (unpaired) electrons. The van der Waals surface area contributed by atoms with Gasteiger partial charge in [0.1, 0.15) is 5.82 Å². The molecule has 0 bridgehead atoms. The summed E-state index contributed by atoms with van der Waals surface area (Å²) in [6.07, 6.45) is 0.343. The zero-order chi connectivity index (χ0) is 14.7. The fraction of sp³-hybridized carbons (Fsp3) is 0.200. The van der Waals surface area contributed by atoms with Gasteiger partial charge in [-0.05, 0) is 64.2 Å². The largest absolute Gasteiger partial charge is 0.392 e. The Bertz CT molecular complexity index is 565. The Kier molecular flexibility index (Phi) is 5.44. The molecule has 0 aliphatic rings. The van der Waals surface area contributed by atoms with Gasteiger partial charge >= 0.3 is 0 Å². The van der Waals surface area contributed by atoms with E-state index in [1.165, 1.54) is 6.07 Å². The maximum Gasteiger partial charge on any atom is 0.137 e. The van der Waals surface area contributed by atoms with Crippen LogP contribution in [-0.2, 0) is 12.8 Å². The highest BCUT2D eigenvalue weighted by Gasteiger charge is 2.10. The predicted octanol–water partition coefficient (Wildman–Crippen LogP) is 5.04. The van der Waals surface area contributed by atoms with E-state index in [1.807, 2.05) is 6.07 Å². The zero-order valence-electron chi connectivity index (χ0n) is 10.4. The van der Waals surface area contributed by atoms with Gasteiger partial charge in [0.05, 0.1) is 20.6 Å². The highest BCUT2D eigenvalue weighted by atomic mass is 79.9. The van der Waals surface area contributed by atoms with Crippen LogP contribution in [0.3, 0.4) is 0 Å². The molecule has 5 heteroatoms. The van der Waals surface area contributed by atoms with Crippen LogP contribution in [0.25, 0.3) is 0 Å². The van der Waals surface area contributed by atoms with Crippen LogP contribution in [0.1, 0.15) is 11.1 Å². The maximum atomic E-state index is 13.1. The minimum atomic E-state index is -0.565. The van der Waals surface area contributed by atoms with Gasteiger partial charge in [0, 0.05) is 0 Å². The summed E-state index contributed by atoms with van der Waals surface area (Å²) in [6, 6.07) is 10.0. The van der Waals surface area contributed by atoms with Gasteiger partial charge in [-0.1, -0.05) is 35.3 Å². The van der Waals surface area contributed by atoms with Gasteiger partial charge < -0.3 is 5.11 Å². The van der Waals surface area contributed by atoms with Crippen molar-refractivity contribution in [2.75, 3.05) is 0 Å². The molecule has 1 unspecified atom stereocenters. The van der Waals surface area contributed by atoms with Crippen LogP contribution in [0.4, 0.5) is 4.39 Å². The van der Waals surface area contributed by atoms with Gasteiger partial charge in [0.15, 0.2) is 0 Å². The van der Waals surface area contributed by atoms with Crippen molar-refractivity contribution in [1.29, 1.82) is 0 Å². The number of benzene rings is 2. The topological polar surface area (TPSA) is 20.2 Å². The van der Waals surface area contributed by atoms with Gasteiger partial charge in [-0.25, -0.2) is 4.39 Å². The quantitative estimate of drug-likeness (QED) is 0.791. The van der Waals surface area contributed by atoms with E-state index in [2.05, 4.69) is 15.9 Å². The van der Waals surface area contributed by atoms with E-state index in [4.69, 9.17) is 23.2 Å². The predicted molar refractivity (Wildman–Crippen MR) is 84.0 cm³/mol. The number of hydrogen-bond donors (Lipinski definition) is 1. The standard InChI is InChI=1S/C15H12BrCl2FO/c16-12-7-9(2-4-15(12)19)5-11(20)6-10-1-3-13(17)14(18)8-10/h1-4,7-8,11,20H,5-6H2. The lowest BCUT2D eigenvalue weighted by Crippen LogP contribution is -2.14. The summed E-state index contributed by atoms with van der Waals surface area (Å²) >= 11 is 14.9. The van der Waals surface area contributed by atoms with E-state index in [0.717, 1.165) is 11.1 Å². The summed E-state index contributed by atoms with van der Waals surface area (Å²) in [4.78, 5) is 0. The Morgan fingerprint density at radius 2 is 1.60 bits per heavy atom. The molecule has 0 spiro atoms. The second-order valence-electron chi connectivity index (χ2n) is 4.56. The van der Waals surface area contributed by atoms with E-state index in [1.54, 1.807) is 24.3 Å². The molecule has 0 saturated carbocycles. The first kappa shape index (κ1) is 15.8. The van der Waals surface area contributed by atoms with E-state index in [0.29, 0.717) is 27.4 Å². The first-order valence-electron chi connectivity index (χ1n) is 6.01. The Balaban J connectivity index is 2.02. The summed E-state index contributed by atoms with van der Waals surface area (Å²) in [5.41, 5.74) is 1.78. The van der Waals surface area contributed by atoms with Gasteiger partial charge in [-0.3, -0.25) is 0 Å². The average Bonchev–Trinajstić information content (AvgIpc) is 2.38. The van der Waals surface area contributed by atoms with Gasteiger partial charge in [0.2, 0.25) is 0 Å². The Labute approximate surface area is 135 Å². The molecule has 20 heavy (non-hydrogen) atoms. The van der Waals surface area contributed by atoms with Crippen LogP contribution in [0, 0.1) is 5.82 Å². The summed E-state index contributed by atoms with van der Waals surface area (Å²) < 4.78 is 13.5. The summed E-state index contributed by atoms with van der Waals surface area (Å²) in [7, 11) is 0. The molecule has 2 aromatic rings. The van der Waals surface area contributed by atoms with Crippen LogP contribution in [-0.4, -0.2) is 11.2 Å². The lowest BCUT2D eigenvalue weighted by Gasteiger charge is -2.12. The highest BCUT2D eigenvalue weighted by molar-refractivity contribution is 9.10. The SMILES string of the molecule is OC(Cc1ccc(Cl)c(Cl)c1)Cc1ccc(F)c(Br)c1. The fourth-order valence-electron chi connectivity index (χ4n) is 1.95. The smallest absolute Gasteiger partial charge is 0.137 e. The molecule has 0 saturated heterocycles. The molecular formula is C15H12BrCl2FO. The van der Waals surface area contributed by atoms with Gasteiger partial charge in [-0.2, -0.15) is 0 Å². The number of halogens is 4. The number of aliphatic hydroxyl groups excluding tert-OH is 1. The third kappa shape index (κ3) is 4.19.